The lowest BCUT2D eigenvalue weighted by molar-refractivity contribution is -0.188. The minimum absolute atomic E-state index is 0.122. The Morgan fingerprint density at radius 2 is 0.540 bits per heavy atom. The Labute approximate surface area is 393 Å². The fourth-order valence-corrected chi connectivity index (χ4v) is 7.94. The summed E-state index contributed by atoms with van der Waals surface area (Å²) in [5.74, 6) is 0. The number of unbranched alkanes of at least 4 members (excludes halogenated alkanes) is 30. The molecule has 2 atom stereocenters. The zero-order chi connectivity index (χ0) is 45.8. The van der Waals surface area contributed by atoms with E-state index in [4.69, 9.17) is 33.2 Å². The van der Waals surface area contributed by atoms with Crippen LogP contribution in [0.4, 0.5) is 0 Å². The molecule has 0 aromatic heterocycles. The standard InChI is InChI=1S/C56H110O7/c1-7-11-15-19-23-27-31-41-49-59-55(60-50-42-32-28-24-20-16-12-8-2)47-39-35-37-45-53(57-5)63-54(58-6)46-38-36-40-48-56(61-51-43-33-29-25-21-17-13-9-3)62-52-44-34-30-26-22-18-14-10-4/h37-38,45-46,53-56H,7-36,39-44,47-52H2,1-6H3. The highest BCUT2D eigenvalue weighted by atomic mass is 16.8. The van der Waals surface area contributed by atoms with Crippen molar-refractivity contribution in [2.75, 3.05) is 40.6 Å². The van der Waals surface area contributed by atoms with Crippen LogP contribution in [0.1, 0.15) is 272 Å². The number of methoxy groups -OCH3 is 2. The van der Waals surface area contributed by atoms with E-state index in [0.717, 1.165) is 90.6 Å². The van der Waals surface area contributed by atoms with Crippen LogP contribution in [0.25, 0.3) is 0 Å². The summed E-state index contributed by atoms with van der Waals surface area (Å²) in [6, 6.07) is 0. The summed E-state index contributed by atoms with van der Waals surface area (Å²) >= 11 is 0. The van der Waals surface area contributed by atoms with Crippen LogP contribution in [0.3, 0.4) is 0 Å². The Morgan fingerprint density at radius 1 is 0.302 bits per heavy atom. The predicted octanol–water partition coefficient (Wildman–Crippen LogP) is 17.7. The third-order valence-electron chi connectivity index (χ3n) is 12.1. The van der Waals surface area contributed by atoms with Gasteiger partial charge in [-0.1, -0.05) is 220 Å². The van der Waals surface area contributed by atoms with E-state index in [1.54, 1.807) is 14.2 Å². The van der Waals surface area contributed by atoms with E-state index in [9.17, 15) is 0 Å². The number of hydrogen-bond acceptors (Lipinski definition) is 7. The van der Waals surface area contributed by atoms with Crippen LogP contribution in [0.5, 0.6) is 0 Å². The fourth-order valence-electron chi connectivity index (χ4n) is 7.94. The summed E-state index contributed by atoms with van der Waals surface area (Å²) < 4.78 is 42.6. The molecule has 0 fully saturated rings. The average Bonchev–Trinajstić information content (AvgIpc) is 3.30. The molecule has 0 heterocycles. The van der Waals surface area contributed by atoms with Crippen molar-refractivity contribution < 1.29 is 33.2 Å². The first-order chi connectivity index (χ1) is 31.1. The molecule has 0 amide bonds. The van der Waals surface area contributed by atoms with E-state index in [1.807, 2.05) is 12.2 Å². The van der Waals surface area contributed by atoms with Crippen LogP contribution in [-0.2, 0) is 33.2 Å². The molecule has 0 aromatic carbocycles. The Kier molecular flexibility index (Phi) is 53.1. The minimum atomic E-state index is -0.481. The average molecular weight is 895 g/mol. The summed E-state index contributed by atoms with van der Waals surface area (Å²) in [5, 5.41) is 0. The van der Waals surface area contributed by atoms with Crippen molar-refractivity contribution in [3.05, 3.63) is 24.3 Å². The molecular formula is C56H110O7. The van der Waals surface area contributed by atoms with Crippen molar-refractivity contribution in [2.24, 2.45) is 0 Å². The van der Waals surface area contributed by atoms with Crippen molar-refractivity contribution in [3.8, 4) is 0 Å². The molecular weight excluding hydrogens is 785 g/mol. The first kappa shape index (κ1) is 62.2. The Balaban J connectivity index is 4.73. The smallest absolute Gasteiger partial charge is 0.179 e. The van der Waals surface area contributed by atoms with E-state index in [1.165, 1.54) is 180 Å². The third-order valence-corrected chi connectivity index (χ3v) is 12.1. The number of ether oxygens (including phenoxy) is 7. The van der Waals surface area contributed by atoms with Gasteiger partial charge < -0.3 is 33.2 Å². The molecule has 2 unspecified atom stereocenters. The molecule has 0 N–H and O–H groups in total. The van der Waals surface area contributed by atoms with E-state index >= 15 is 0 Å². The first-order valence-electron chi connectivity index (χ1n) is 27.7. The van der Waals surface area contributed by atoms with Crippen LogP contribution in [0.15, 0.2) is 24.3 Å². The summed E-state index contributed by atoms with van der Waals surface area (Å²) in [7, 11) is 3.36. The molecule has 0 aliphatic carbocycles. The van der Waals surface area contributed by atoms with Crippen molar-refractivity contribution in [1.82, 2.24) is 0 Å². The van der Waals surface area contributed by atoms with Crippen LogP contribution in [0.2, 0.25) is 0 Å². The molecule has 0 spiro atoms. The highest BCUT2D eigenvalue weighted by Gasteiger charge is 2.13. The lowest BCUT2D eigenvalue weighted by atomic mass is 10.1. The maximum atomic E-state index is 6.29. The van der Waals surface area contributed by atoms with Crippen LogP contribution >= 0.6 is 0 Å². The van der Waals surface area contributed by atoms with Gasteiger partial charge in [0.05, 0.1) is 0 Å². The maximum absolute atomic E-state index is 6.29. The summed E-state index contributed by atoms with van der Waals surface area (Å²) in [6.07, 6.45) is 54.6. The van der Waals surface area contributed by atoms with Crippen molar-refractivity contribution in [3.63, 3.8) is 0 Å². The van der Waals surface area contributed by atoms with Gasteiger partial charge in [0.1, 0.15) is 0 Å². The van der Waals surface area contributed by atoms with E-state index < -0.39 is 12.6 Å². The third kappa shape index (κ3) is 47.5. The first-order valence-corrected chi connectivity index (χ1v) is 27.7. The van der Waals surface area contributed by atoms with Gasteiger partial charge in [0, 0.05) is 40.6 Å². The van der Waals surface area contributed by atoms with Gasteiger partial charge in [0.25, 0.3) is 0 Å². The monoisotopic (exact) mass is 895 g/mol. The second-order valence-electron chi connectivity index (χ2n) is 18.3. The Bertz CT molecular complexity index is 783. The lowest BCUT2D eigenvalue weighted by Gasteiger charge is -2.19. The highest BCUT2D eigenvalue weighted by Crippen LogP contribution is 2.17. The van der Waals surface area contributed by atoms with Gasteiger partial charge in [-0.2, -0.15) is 0 Å². The molecule has 376 valence electrons. The van der Waals surface area contributed by atoms with Crippen LogP contribution in [0, 0.1) is 0 Å². The number of hydrogen-bond donors (Lipinski definition) is 0. The molecule has 0 radical (unpaired) electrons. The Morgan fingerprint density at radius 3 is 0.778 bits per heavy atom. The van der Waals surface area contributed by atoms with Crippen molar-refractivity contribution in [1.29, 1.82) is 0 Å². The van der Waals surface area contributed by atoms with Gasteiger partial charge in [-0.3, -0.25) is 0 Å². The van der Waals surface area contributed by atoms with Gasteiger partial charge in [-0.05, 0) is 76.4 Å². The van der Waals surface area contributed by atoms with Gasteiger partial charge in [-0.15, -0.1) is 0 Å². The molecule has 0 aliphatic heterocycles. The summed E-state index contributed by atoms with van der Waals surface area (Å²) in [6.45, 7) is 12.3. The van der Waals surface area contributed by atoms with E-state index in [2.05, 4.69) is 39.8 Å². The molecule has 7 nitrogen and oxygen atoms in total. The predicted molar refractivity (Wildman–Crippen MR) is 270 cm³/mol. The van der Waals surface area contributed by atoms with Gasteiger partial charge in [-0.25, -0.2) is 0 Å². The largest absolute Gasteiger partial charge is 0.353 e. The lowest BCUT2D eigenvalue weighted by Crippen LogP contribution is -2.22. The fraction of sp³-hybridized carbons (Fsp3) is 0.929. The molecule has 0 aliphatic rings. The molecule has 0 rings (SSSR count). The second-order valence-corrected chi connectivity index (χ2v) is 18.3. The summed E-state index contributed by atoms with van der Waals surface area (Å²) in [4.78, 5) is 0. The van der Waals surface area contributed by atoms with E-state index in [0.29, 0.717) is 0 Å². The second kappa shape index (κ2) is 53.8. The quantitative estimate of drug-likeness (QED) is 0.0342. The van der Waals surface area contributed by atoms with Crippen LogP contribution in [-0.4, -0.2) is 65.8 Å². The number of allylic oxidation sites excluding steroid dienone is 2. The SMILES string of the molecule is CCCCCCCCCCOC(CCCC=CC(OC)OC(C=CCCCC(OCCCCCCCCCC)OCCCCCCCCCC)OC)OCCCCCCCCCC. The number of rotatable bonds is 54. The van der Waals surface area contributed by atoms with Gasteiger partial charge >= 0.3 is 0 Å². The Hall–Kier alpha value is -0.800. The zero-order valence-corrected chi connectivity index (χ0v) is 43.2. The normalized spacial score (nSPS) is 13.2. The van der Waals surface area contributed by atoms with E-state index in [-0.39, 0.29) is 12.6 Å². The molecule has 7 heteroatoms. The van der Waals surface area contributed by atoms with Crippen molar-refractivity contribution in [2.45, 2.75) is 297 Å². The summed E-state index contributed by atoms with van der Waals surface area (Å²) in [5.41, 5.74) is 0. The van der Waals surface area contributed by atoms with Crippen LogP contribution < -0.4 is 0 Å². The molecule has 0 aromatic rings. The maximum Gasteiger partial charge on any atom is 0.179 e. The van der Waals surface area contributed by atoms with Crippen molar-refractivity contribution >= 4 is 0 Å². The van der Waals surface area contributed by atoms with Gasteiger partial charge in [0.2, 0.25) is 0 Å². The zero-order valence-electron chi connectivity index (χ0n) is 43.2. The molecule has 0 saturated carbocycles. The van der Waals surface area contributed by atoms with Gasteiger partial charge in [0.15, 0.2) is 25.2 Å². The highest BCUT2D eigenvalue weighted by molar-refractivity contribution is 4.89. The molecule has 0 saturated heterocycles. The molecule has 63 heavy (non-hydrogen) atoms. The minimum Gasteiger partial charge on any atom is -0.353 e. The topological polar surface area (TPSA) is 64.6 Å². The molecule has 0 bridgehead atoms.